The molecular formula is C13H25N3O2. The predicted octanol–water partition coefficient (Wildman–Crippen LogP) is 0.550. The second kappa shape index (κ2) is 8.08. The zero-order chi connectivity index (χ0) is 13.4. The minimum atomic E-state index is -0.328. The van der Waals surface area contributed by atoms with Crippen LogP contribution in [-0.4, -0.2) is 37.0 Å². The fourth-order valence-electron chi connectivity index (χ4n) is 2.09. The first-order chi connectivity index (χ1) is 8.63. The van der Waals surface area contributed by atoms with E-state index in [9.17, 15) is 9.59 Å². The summed E-state index contributed by atoms with van der Waals surface area (Å²) in [6.07, 6.45) is 5.49. The third-order valence-electron chi connectivity index (χ3n) is 3.23. The first-order valence-corrected chi connectivity index (χ1v) is 6.94. The summed E-state index contributed by atoms with van der Waals surface area (Å²) in [5.74, 6) is -0.0671. The highest BCUT2D eigenvalue weighted by Crippen LogP contribution is 2.17. The van der Waals surface area contributed by atoms with Crippen molar-refractivity contribution in [3.8, 4) is 0 Å². The van der Waals surface area contributed by atoms with Crippen LogP contribution >= 0.6 is 0 Å². The Morgan fingerprint density at radius 3 is 2.56 bits per heavy atom. The summed E-state index contributed by atoms with van der Waals surface area (Å²) in [6.45, 7) is 4.66. The molecule has 0 heterocycles. The number of hydrogen-bond donors (Lipinski definition) is 3. The predicted molar refractivity (Wildman–Crippen MR) is 71.2 cm³/mol. The van der Waals surface area contributed by atoms with Crippen LogP contribution in [0.3, 0.4) is 0 Å². The maximum Gasteiger partial charge on any atom is 0.236 e. The summed E-state index contributed by atoms with van der Waals surface area (Å²) in [7, 11) is 0. The number of carbonyl (C=O) groups is 2. The first kappa shape index (κ1) is 15.0. The van der Waals surface area contributed by atoms with Crippen LogP contribution in [-0.2, 0) is 9.59 Å². The molecule has 1 aliphatic rings. The van der Waals surface area contributed by atoms with E-state index in [4.69, 9.17) is 0 Å². The monoisotopic (exact) mass is 255 g/mol. The molecule has 5 nitrogen and oxygen atoms in total. The largest absolute Gasteiger partial charge is 0.355 e. The molecule has 0 bridgehead atoms. The molecule has 18 heavy (non-hydrogen) atoms. The lowest BCUT2D eigenvalue weighted by Gasteiger charge is -2.15. The lowest BCUT2D eigenvalue weighted by molar-refractivity contribution is -0.123. The highest BCUT2D eigenvalue weighted by atomic mass is 16.2. The van der Waals surface area contributed by atoms with E-state index in [-0.39, 0.29) is 24.4 Å². The highest BCUT2D eigenvalue weighted by molar-refractivity contribution is 5.83. The van der Waals surface area contributed by atoms with E-state index in [1.807, 2.05) is 6.92 Å². The van der Waals surface area contributed by atoms with Crippen molar-refractivity contribution in [3.63, 3.8) is 0 Å². The van der Waals surface area contributed by atoms with Gasteiger partial charge in [0.1, 0.15) is 0 Å². The molecule has 1 unspecified atom stereocenters. The van der Waals surface area contributed by atoms with Gasteiger partial charge in [0.25, 0.3) is 0 Å². The SMILES string of the molecule is CCCNC(=O)C(C)NCC(=O)NC1CCCC1. The molecule has 0 aromatic carbocycles. The van der Waals surface area contributed by atoms with Crippen molar-refractivity contribution in [2.45, 2.75) is 58.0 Å². The second-order valence-corrected chi connectivity index (χ2v) is 4.94. The Morgan fingerprint density at radius 1 is 1.28 bits per heavy atom. The number of rotatable bonds is 7. The number of nitrogens with one attached hydrogen (secondary N) is 3. The van der Waals surface area contributed by atoms with Crippen molar-refractivity contribution in [2.75, 3.05) is 13.1 Å². The van der Waals surface area contributed by atoms with E-state index in [0.29, 0.717) is 12.6 Å². The Balaban J connectivity index is 2.14. The van der Waals surface area contributed by atoms with Crippen LogP contribution in [0.4, 0.5) is 0 Å². The summed E-state index contributed by atoms with van der Waals surface area (Å²) in [5, 5.41) is 8.72. The third-order valence-corrected chi connectivity index (χ3v) is 3.23. The van der Waals surface area contributed by atoms with Crippen molar-refractivity contribution in [2.24, 2.45) is 0 Å². The van der Waals surface area contributed by atoms with Gasteiger partial charge in [-0.05, 0) is 26.2 Å². The van der Waals surface area contributed by atoms with Gasteiger partial charge >= 0.3 is 0 Å². The van der Waals surface area contributed by atoms with Gasteiger partial charge in [-0.15, -0.1) is 0 Å². The maximum absolute atomic E-state index is 11.6. The first-order valence-electron chi connectivity index (χ1n) is 6.94. The van der Waals surface area contributed by atoms with Gasteiger partial charge in [-0.2, -0.15) is 0 Å². The van der Waals surface area contributed by atoms with Gasteiger partial charge in [-0.1, -0.05) is 19.8 Å². The highest BCUT2D eigenvalue weighted by Gasteiger charge is 2.18. The Labute approximate surface area is 109 Å². The van der Waals surface area contributed by atoms with Crippen molar-refractivity contribution >= 4 is 11.8 Å². The molecule has 0 radical (unpaired) electrons. The molecule has 1 atom stereocenters. The number of hydrogen-bond acceptors (Lipinski definition) is 3. The van der Waals surface area contributed by atoms with Crippen LogP contribution in [0.25, 0.3) is 0 Å². The summed E-state index contributed by atoms with van der Waals surface area (Å²) in [5.41, 5.74) is 0. The summed E-state index contributed by atoms with van der Waals surface area (Å²) in [4.78, 5) is 23.2. The van der Waals surface area contributed by atoms with Crippen LogP contribution in [0, 0.1) is 0 Å². The van der Waals surface area contributed by atoms with E-state index in [1.54, 1.807) is 6.92 Å². The molecule has 1 fully saturated rings. The molecule has 0 aromatic rings. The van der Waals surface area contributed by atoms with Gasteiger partial charge in [-0.3, -0.25) is 14.9 Å². The van der Waals surface area contributed by atoms with E-state index in [1.165, 1.54) is 12.8 Å². The molecule has 1 aliphatic carbocycles. The van der Waals surface area contributed by atoms with Gasteiger partial charge in [0.2, 0.25) is 11.8 Å². The summed E-state index contributed by atoms with van der Waals surface area (Å²) in [6, 6.07) is 0.00871. The van der Waals surface area contributed by atoms with Crippen molar-refractivity contribution in [1.29, 1.82) is 0 Å². The maximum atomic E-state index is 11.6. The van der Waals surface area contributed by atoms with Crippen LogP contribution in [0.5, 0.6) is 0 Å². The Bertz CT molecular complexity index is 275. The van der Waals surface area contributed by atoms with Gasteiger partial charge < -0.3 is 10.6 Å². The molecule has 3 N–H and O–H groups in total. The lowest BCUT2D eigenvalue weighted by Crippen LogP contribution is -2.47. The molecular weight excluding hydrogens is 230 g/mol. The lowest BCUT2D eigenvalue weighted by atomic mass is 10.2. The van der Waals surface area contributed by atoms with E-state index >= 15 is 0 Å². The quantitative estimate of drug-likeness (QED) is 0.622. The minimum Gasteiger partial charge on any atom is -0.355 e. The van der Waals surface area contributed by atoms with Crippen LogP contribution in [0.15, 0.2) is 0 Å². The van der Waals surface area contributed by atoms with Crippen molar-refractivity contribution in [1.82, 2.24) is 16.0 Å². The Kier molecular flexibility index (Phi) is 6.72. The molecule has 1 saturated carbocycles. The summed E-state index contributed by atoms with van der Waals surface area (Å²) < 4.78 is 0. The molecule has 1 rings (SSSR count). The normalized spacial score (nSPS) is 17.4. The average Bonchev–Trinajstić information content (AvgIpc) is 2.85. The fraction of sp³-hybridized carbons (Fsp3) is 0.846. The molecule has 5 heteroatoms. The smallest absolute Gasteiger partial charge is 0.236 e. The zero-order valence-electron chi connectivity index (χ0n) is 11.4. The summed E-state index contributed by atoms with van der Waals surface area (Å²) >= 11 is 0. The zero-order valence-corrected chi connectivity index (χ0v) is 11.4. The number of amides is 2. The molecule has 104 valence electrons. The standard InChI is InChI=1S/C13H25N3O2/c1-3-8-14-13(18)10(2)15-9-12(17)16-11-6-4-5-7-11/h10-11,15H,3-9H2,1-2H3,(H,14,18)(H,16,17). The Hall–Kier alpha value is -1.10. The van der Waals surface area contributed by atoms with Crippen LogP contribution in [0.1, 0.15) is 46.0 Å². The van der Waals surface area contributed by atoms with Gasteiger partial charge in [0, 0.05) is 12.6 Å². The molecule has 2 amide bonds. The molecule has 0 aromatic heterocycles. The molecule has 0 spiro atoms. The minimum absolute atomic E-state index is 0.0166. The van der Waals surface area contributed by atoms with Crippen molar-refractivity contribution in [3.05, 3.63) is 0 Å². The molecule has 0 aliphatic heterocycles. The van der Waals surface area contributed by atoms with Gasteiger partial charge in [-0.25, -0.2) is 0 Å². The van der Waals surface area contributed by atoms with Crippen molar-refractivity contribution < 1.29 is 9.59 Å². The number of carbonyl (C=O) groups excluding carboxylic acids is 2. The molecule has 0 saturated heterocycles. The van der Waals surface area contributed by atoms with E-state index < -0.39 is 0 Å². The fourth-order valence-corrected chi connectivity index (χ4v) is 2.09. The van der Waals surface area contributed by atoms with Gasteiger partial charge in [0.15, 0.2) is 0 Å². The van der Waals surface area contributed by atoms with E-state index in [0.717, 1.165) is 19.3 Å². The van der Waals surface area contributed by atoms with Gasteiger partial charge in [0.05, 0.1) is 12.6 Å². The Morgan fingerprint density at radius 2 is 1.94 bits per heavy atom. The topological polar surface area (TPSA) is 70.2 Å². The average molecular weight is 255 g/mol. The van der Waals surface area contributed by atoms with Crippen LogP contribution < -0.4 is 16.0 Å². The van der Waals surface area contributed by atoms with E-state index in [2.05, 4.69) is 16.0 Å². The third kappa shape index (κ3) is 5.49. The van der Waals surface area contributed by atoms with Crippen LogP contribution in [0.2, 0.25) is 0 Å². The second-order valence-electron chi connectivity index (χ2n) is 4.94.